The van der Waals surface area contributed by atoms with Crippen LogP contribution < -0.4 is 5.32 Å². The van der Waals surface area contributed by atoms with E-state index in [-0.39, 0.29) is 17.9 Å². The Morgan fingerprint density at radius 3 is 2.27 bits per heavy atom. The highest BCUT2D eigenvalue weighted by Crippen LogP contribution is 2.25. The average molecular weight is 424 g/mol. The van der Waals surface area contributed by atoms with Crippen molar-refractivity contribution in [2.45, 2.75) is 73.5 Å². The van der Waals surface area contributed by atoms with Gasteiger partial charge in [-0.1, -0.05) is 0 Å². The molecule has 30 heavy (non-hydrogen) atoms. The number of aromatic nitrogens is 1. The van der Waals surface area contributed by atoms with Gasteiger partial charge in [0.25, 0.3) is 0 Å². The monoisotopic (exact) mass is 423 g/mol. The number of urea groups is 1. The fourth-order valence-electron chi connectivity index (χ4n) is 3.65. The van der Waals surface area contributed by atoms with E-state index in [2.05, 4.69) is 5.32 Å². The second kappa shape index (κ2) is 11.7. The van der Waals surface area contributed by atoms with Gasteiger partial charge in [-0.3, -0.25) is 4.79 Å². The molecule has 1 aromatic heterocycles. The summed E-state index contributed by atoms with van der Waals surface area (Å²) in [6.07, 6.45) is 0.623. The topological polar surface area (TPSA) is 89.9 Å². The molecule has 1 rings (SSSR count). The van der Waals surface area contributed by atoms with E-state index in [0.29, 0.717) is 55.2 Å². The quantitative estimate of drug-likeness (QED) is 0.335. The molecule has 1 atom stereocenters. The van der Waals surface area contributed by atoms with E-state index in [0.717, 1.165) is 0 Å². The second-order valence-electron chi connectivity index (χ2n) is 7.56. The van der Waals surface area contributed by atoms with Crippen molar-refractivity contribution < 1.29 is 23.9 Å². The summed E-state index contributed by atoms with van der Waals surface area (Å²) in [6.45, 7) is 14.9. The van der Waals surface area contributed by atoms with E-state index < -0.39 is 12.0 Å². The fourth-order valence-corrected chi connectivity index (χ4v) is 3.65. The van der Waals surface area contributed by atoms with Crippen LogP contribution in [0.4, 0.5) is 4.79 Å². The van der Waals surface area contributed by atoms with Crippen molar-refractivity contribution in [1.82, 2.24) is 14.8 Å². The van der Waals surface area contributed by atoms with Crippen LogP contribution in [0.25, 0.3) is 0 Å². The lowest BCUT2D eigenvalue weighted by molar-refractivity contribution is 0.0587. The van der Waals surface area contributed by atoms with E-state index in [4.69, 9.17) is 9.47 Å². The fraction of sp³-hybridized carbons (Fsp3) is 0.682. The first-order valence-electron chi connectivity index (χ1n) is 10.6. The van der Waals surface area contributed by atoms with Gasteiger partial charge >= 0.3 is 12.0 Å². The van der Waals surface area contributed by atoms with Crippen molar-refractivity contribution in [2.24, 2.45) is 0 Å². The maximum atomic E-state index is 13.5. The summed E-state index contributed by atoms with van der Waals surface area (Å²) in [5, 5.41) is 2.87. The van der Waals surface area contributed by atoms with Crippen LogP contribution in [-0.2, 0) is 16.0 Å². The molecule has 8 heteroatoms. The lowest BCUT2D eigenvalue weighted by Gasteiger charge is -2.29. The molecule has 0 spiro atoms. The minimum Gasteiger partial charge on any atom is -0.464 e. The summed E-state index contributed by atoms with van der Waals surface area (Å²) >= 11 is 0. The largest absolute Gasteiger partial charge is 0.464 e. The molecule has 0 aliphatic heterocycles. The Morgan fingerprint density at radius 1 is 1.13 bits per heavy atom. The summed E-state index contributed by atoms with van der Waals surface area (Å²) in [5.74, 6) is -0.673. The number of ketones is 1. The normalized spacial score (nSPS) is 12.0. The number of methoxy groups -OCH3 is 1. The van der Waals surface area contributed by atoms with Gasteiger partial charge in [-0.25, -0.2) is 9.59 Å². The van der Waals surface area contributed by atoms with Gasteiger partial charge in [0.1, 0.15) is 5.69 Å². The number of carbonyl (C=O) groups excluding carboxylic acids is 3. The molecule has 0 aliphatic carbocycles. The zero-order chi connectivity index (χ0) is 23.0. The first-order chi connectivity index (χ1) is 14.1. The maximum Gasteiger partial charge on any atom is 0.354 e. The third kappa shape index (κ3) is 5.84. The maximum absolute atomic E-state index is 13.5. The van der Waals surface area contributed by atoms with E-state index in [1.165, 1.54) is 7.11 Å². The van der Waals surface area contributed by atoms with Crippen molar-refractivity contribution in [3.63, 3.8) is 0 Å². The molecule has 170 valence electrons. The van der Waals surface area contributed by atoms with E-state index in [1.807, 2.05) is 34.6 Å². The molecule has 1 unspecified atom stereocenters. The van der Waals surface area contributed by atoms with Crippen LogP contribution in [0.5, 0.6) is 0 Å². The SMILES string of the molecule is CCOCCCN(C(=O)NC(C)C)C(C)C(=O)c1c(C)c(C(=O)OC)n(CC)c1C. The van der Waals surface area contributed by atoms with Crippen LogP contribution in [0, 0.1) is 13.8 Å². The van der Waals surface area contributed by atoms with E-state index in [9.17, 15) is 14.4 Å². The van der Waals surface area contributed by atoms with Gasteiger partial charge in [-0.2, -0.15) is 0 Å². The molecular weight excluding hydrogens is 386 g/mol. The van der Waals surface area contributed by atoms with Gasteiger partial charge in [0, 0.05) is 43.6 Å². The van der Waals surface area contributed by atoms with E-state index >= 15 is 0 Å². The number of rotatable bonds is 11. The summed E-state index contributed by atoms with van der Waals surface area (Å²) < 4.78 is 12.1. The number of amides is 2. The zero-order valence-electron chi connectivity index (χ0n) is 19.6. The number of carbonyl (C=O) groups is 3. The Bertz CT molecular complexity index is 754. The van der Waals surface area contributed by atoms with Crippen LogP contribution in [0.15, 0.2) is 0 Å². The molecule has 0 aliphatic rings. The predicted molar refractivity (Wildman–Crippen MR) is 116 cm³/mol. The van der Waals surface area contributed by atoms with Crippen molar-refractivity contribution in [3.05, 3.63) is 22.5 Å². The first-order valence-corrected chi connectivity index (χ1v) is 10.6. The molecule has 2 amide bonds. The van der Waals surface area contributed by atoms with Gasteiger partial charge in [0.2, 0.25) is 0 Å². The molecule has 1 heterocycles. The molecule has 0 saturated carbocycles. The van der Waals surface area contributed by atoms with Crippen LogP contribution in [0.2, 0.25) is 0 Å². The summed E-state index contributed by atoms with van der Waals surface area (Å²) in [4.78, 5) is 40.1. The Labute approximate surface area is 179 Å². The van der Waals surface area contributed by atoms with Crippen molar-refractivity contribution in [2.75, 3.05) is 26.9 Å². The van der Waals surface area contributed by atoms with Crippen LogP contribution >= 0.6 is 0 Å². The van der Waals surface area contributed by atoms with Gasteiger partial charge in [-0.15, -0.1) is 0 Å². The highest BCUT2D eigenvalue weighted by molar-refractivity contribution is 6.06. The van der Waals surface area contributed by atoms with Gasteiger partial charge < -0.3 is 24.3 Å². The third-order valence-corrected chi connectivity index (χ3v) is 5.12. The molecule has 0 fully saturated rings. The molecule has 0 radical (unpaired) electrons. The molecule has 0 bridgehead atoms. The second-order valence-corrected chi connectivity index (χ2v) is 7.56. The zero-order valence-corrected chi connectivity index (χ0v) is 19.6. The molecule has 1 aromatic rings. The number of nitrogens with one attached hydrogen (secondary N) is 1. The highest BCUT2D eigenvalue weighted by Gasteiger charge is 2.32. The molecule has 0 saturated heterocycles. The van der Waals surface area contributed by atoms with E-state index in [1.54, 1.807) is 23.3 Å². The Kier molecular flexibility index (Phi) is 10.0. The number of hydrogen-bond acceptors (Lipinski definition) is 5. The first kappa shape index (κ1) is 25.7. The molecule has 0 aromatic carbocycles. The van der Waals surface area contributed by atoms with Gasteiger partial charge in [0.05, 0.1) is 13.2 Å². The summed E-state index contributed by atoms with van der Waals surface area (Å²) in [5.41, 5.74) is 2.13. The smallest absolute Gasteiger partial charge is 0.354 e. The van der Waals surface area contributed by atoms with Crippen LogP contribution in [-0.4, -0.2) is 66.2 Å². The van der Waals surface area contributed by atoms with Crippen LogP contribution in [0.3, 0.4) is 0 Å². The van der Waals surface area contributed by atoms with Crippen molar-refractivity contribution in [1.29, 1.82) is 0 Å². The van der Waals surface area contributed by atoms with Crippen molar-refractivity contribution >= 4 is 17.8 Å². The minimum absolute atomic E-state index is 0.0511. The standard InChI is InChI=1S/C22H37N3O5/c1-9-24-16(6)18(15(5)19(24)21(27)29-8)20(26)17(7)25(12-11-13-30-10-2)22(28)23-14(3)4/h14,17H,9-13H2,1-8H3,(H,23,28). The van der Waals surface area contributed by atoms with Crippen LogP contribution in [0.1, 0.15) is 73.1 Å². The number of esters is 1. The molecule has 8 nitrogen and oxygen atoms in total. The summed E-state index contributed by atoms with van der Waals surface area (Å²) in [6, 6.07) is -1.04. The summed E-state index contributed by atoms with van der Waals surface area (Å²) in [7, 11) is 1.32. The Balaban J connectivity index is 3.28. The predicted octanol–water partition coefficient (Wildman–Crippen LogP) is 3.33. The number of nitrogens with zero attached hydrogens (tertiary/aromatic N) is 2. The number of ether oxygens (including phenoxy) is 2. The van der Waals surface area contributed by atoms with Gasteiger partial charge in [-0.05, 0) is 60.5 Å². The molecular formula is C22H37N3O5. The Hall–Kier alpha value is -2.35. The average Bonchev–Trinajstić information content (AvgIpc) is 2.95. The minimum atomic E-state index is -0.694. The van der Waals surface area contributed by atoms with Gasteiger partial charge in [0.15, 0.2) is 5.78 Å². The lowest BCUT2D eigenvalue weighted by Crippen LogP contribution is -2.50. The third-order valence-electron chi connectivity index (χ3n) is 5.12. The Morgan fingerprint density at radius 2 is 1.77 bits per heavy atom. The number of Topliss-reactive ketones (excluding diaryl/α,β-unsaturated/α-hetero) is 1. The number of hydrogen-bond donors (Lipinski definition) is 1. The molecule has 1 N–H and O–H groups in total. The highest BCUT2D eigenvalue weighted by atomic mass is 16.5. The van der Waals surface area contributed by atoms with Crippen molar-refractivity contribution in [3.8, 4) is 0 Å². The lowest BCUT2D eigenvalue weighted by atomic mass is 10.00.